The molecule has 0 fully saturated rings. The average Bonchev–Trinajstić information content (AvgIpc) is 2.54. The van der Waals surface area contributed by atoms with E-state index in [0.717, 1.165) is 11.8 Å². The molecule has 0 saturated heterocycles. The maximum absolute atomic E-state index is 3.65. The Balaban J connectivity index is 2.23. The molecule has 0 saturated carbocycles. The molecule has 1 aromatic heterocycles. The lowest BCUT2D eigenvalue weighted by molar-refractivity contribution is 0.437. The number of hydrogen-bond acceptors (Lipinski definition) is 1. The van der Waals surface area contributed by atoms with Gasteiger partial charge in [0.15, 0.2) is 0 Å². The van der Waals surface area contributed by atoms with Gasteiger partial charge in [-0.2, -0.15) is 0 Å². The molecule has 3 heteroatoms. The van der Waals surface area contributed by atoms with Crippen LogP contribution in [0.25, 0.3) is 0 Å². The third kappa shape index (κ3) is 6.58. The van der Waals surface area contributed by atoms with Crippen LogP contribution in [0.15, 0.2) is 9.85 Å². The van der Waals surface area contributed by atoms with E-state index in [4.69, 9.17) is 0 Å². The van der Waals surface area contributed by atoms with Crippen molar-refractivity contribution in [2.24, 2.45) is 11.8 Å². The van der Waals surface area contributed by atoms with Crippen LogP contribution >= 0.6 is 49.9 Å². The van der Waals surface area contributed by atoms with E-state index in [1.807, 2.05) is 11.3 Å². The smallest absolute Gasteiger partial charge is 0.0741 e. The lowest BCUT2D eigenvalue weighted by Gasteiger charge is -2.11. The van der Waals surface area contributed by atoms with E-state index in [9.17, 15) is 0 Å². The van der Waals surface area contributed by atoms with Crippen LogP contribution in [0, 0.1) is 14.7 Å². The third-order valence-corrected chi connectivity index (χ3v) is 5.83. The summed E-state index contributed by atoms with van der Waals surface area (Å²) in [5.41, 5.74) is 1.50. The van der Waals surface area contributed by atoms with Gasteiger partial charge in [0.2, 0.25) is 0 Å². The molecule has 0 nitrogen and oxygen atoms in total. The second-order valence-electron chi connectivity index (χ2n) is 5.32. The lowest BCUT2D eigenvalue weighted by Crippen LogP contribution is -1.98. The Morgan fingerprint density at radius 3 is 2.47 bits per heavy atom. The molecule has 98 valence electrons. The Morgan fingerprint density at radius 1 is 1.24 bits per heavy atom. The number of thiophene rings is 1. The Hall–Kier alpha value is 0.910. The molecule has 1 rings (SSSR count). The molecular formula is C14H22BrIS. The summed E-state index contributed by atoms with van der Waals surface area (Å²) in [6.45, 7) is 7.02. The van der Waals surface area contributed by atoms with Crippen molar-refractivity contribution in [1.82, 2.24) is 0 Å². The molecular weight excluding hydrogens is 407 g/mol. The van der Waals surface area contributed by atoms with Crippen LogP contribution in [0.5, 0.6) is 0 Å². The minimum Gasteiger partial charge on any atom is -0.122 e. The largest absolute Gasteiger partial charge is 0.122 e. The molecule has 0 spiro atoms. The van der Waals surface area contributed by atoms with Crippen molar-refractivity contribution in [3.05, 3.63) is 18.3 Å². The van der Waals surface area contributed by atoms with E-state index in [2.05, 4.69) is 65.4 Å². The van der Waals surface area contributed by atoms with Crippen LogP contribution in [0.1, 0.15) is 52.0 Å². The Bertz CT molecular complexity index is 333. The standard InChI is InChI=1S/C14H22BrIS/c1-10(2)5-4-6-11(3)7-8-12-9-13(16)17-14(12)15/h9-11H,4-8H2,1-3H3/t11-/m1/s1. The molecule has 0 radical (unpaired) electrons. The molecule has 1 heterocycles. The van der Waals surface area contributed by atoms with Crippen molar-refractivity contribution in [3.63, 3.8) is 0 Å². The van der Waals surface area contributed by atoms with E-state index >= 15 is 0 Å². The van der Waals surface area contributed by atoms with Crippen molar-refractivity contribution in [2.75, 3.05) is 0 Å². The quantitative estimate of drug-likeness (QED) is 0.434. The zero-order valence-corrected chi connectivity index (χ0v) is 15.5. The van der Waals surface area contributed by atoms with Gasteiger partial charge >= 0.3 is 0 Å². The first kappa shape index (κ1) is 16.0. The van der Waals surface area contributed by atoms with Crippen molar-refractivity contribution in [1.29, 1.82) is 0 Å². The van der Waals surface area contributed by atoms with Gasteiger partial charge in [0.1, 0.15) is 0 Å². The zero-order chi connectivity index (χ0) is 12.8. The van der Waals surface area contributed by atoms with Crippen LogP contribution in [-0.4, -0.2) is 0 Å². The van der Waals surface area contributed by atoms with E-state index < -0.39 is 0 Å². The van der Waals surface area contributed by atoms with Crippen molar-refractivity contribution >= 4 is 49.9 Å². The third-order valence-electron chi connectivity index (χ3n) is 3.11. The van der Waals surface area contributed by atoms with Gasteiger partial charge < -0.3 is 0 Å². The number of halogens is 2. The van der Waals surface area contributed by atoms with Gasteiger partial charge in [0, 0.05) is 0 Å². The molecule has 0 aliphatic carbocycles. The minimum absolute atomic E-state index is 0.856. The Labute approximate surface area is 132 Å². The SMILES string of the molecule is CC(C)CCC[C@@H](C)CCc1cc(I)sc1Br. The molecule has 0 N–H and O–H groups in total. The molecule has 0 aliphatic rings. The fourth-order valence-electron chi connectivity index (χ4n) is 1.97. The molecule has 0 unspecified atom stereocenters. The van der Waals surface area contributed by atoms with E-state index in [1.165, 1.54) is 44.3 Å². The fourth-order valence-corrected chi connectivity index (χ4v) is 5.41. The summed E-state index contributed by atoms with van der Waals surface area (Å²) < 4.78 is 2.72. The van der Waals surface area contributed by atoms with E-state index in [-0.39, 0.29) is 0 Å². The first-order chi connectivity index (χ1) is 7.99. The summed E-state index contributed by atoms with van der Waals surface area (Å²) in [6, 6.07) is 2.32. The first-order valence-corrected chi connectivity index (χ1v) is 9.11. The van der Waals surface area contributed by atoms with E-state index in [0.29, 0.717) is 0 Å². The van der Waals surface area contributed by atoms with Gasteiger partial charge in [0.05, 0.1) is 6.67 Å². The maximum Gasteiger partial charge on any atom is 0.0741 e. The second kappa shape index (κ2) is 8.16. The highest BCUT2D eigenvalue weighted by molar-refractivity contribution is 14.1. The highest BCUT2D eigenvalue weighted by atomic mass is 127. The van der Waals surface area contributed by atoms with Gasteiger partial charge in [0.25, 0.3) is 0 Å². The monoisotopic (exact) mass is 428 g/mol. The molecule has 0 aliphatic heterocycles. The number of rotatable bonds is 7. The van der Waals surface area contributed by atoms with Gasteiger partial charge in [-0.05, 0) is 74.8 Å². The lowest BCUT2D eigenvalue weighted by atomic mass is 9.95. The minimum atomic E-state index is 0.856. The summed E-state index contributed by atoms with van der Waals surface area (Å²) >= 11 is 7.90. The highest BCUT2D eigenvalue weighted by Gasteiger charge is 2.08. The van der Waals surface area contributed by atoms with E-state index in [1.54, 1.807) is 0 Å². The molecule has 17 heavy (non-hydrogen) atoms. The number of hydrogen-bond donors (Lipinski definition) is 0. The van der Waals surface area contributed by atoms with Gasteiger partial charge in [-0.15, -0.1) is 11.3 Å². The fraction of sp³-hybridized carbons (Fsp3) is 0.714. The first-order valence-electron chi connectivity index (χ1n) is 6.42. The molecule has 1 aromatic rings. The summed E-state index contributed by atoms with van der Waals surface area (Å²) in [5.74, 6) is 1.72. The molecule has 0 bridgehead atoms. The second-order valence-corrected chi connectivity index (χ2v) is 9.58. The van der Waals surface area contributed by atoms with Crippen LogP contribution in [0.2, 0.25) is 0 Å². The summed E-state index contributed by atoms with van der Waals surface area (Å²) in [4.78, 5) is 0. The topological polar surface area (TPSA) is 0 Å². The molecule has 0 amide bonds. The summed E-state index contributed by atoms with van der Waals surface area (Å²) in [5, 5.41) is 0. The predicted octanol–water partition coefficient (Wildman–Crippen LogP) is 6.51. The van der Waals surface area contributed by atoms with Crippen molar-refractivity contribution in [3.8, 4) is 0 Å². The van der Waals surface area contributed by atoms with Crippen molar-refractivity contribution in [2.45, 2.75) is 52.9 Å². The summed E-state index contributed by atoms with van der Waals surface area (Å²) in [7, 11) is 0. The molecule has 1 atom stereocenters. The Morgan fingerprint density at radius 2 is 1.94 bits per heavy atom. The normalized spacial score (nSPS) is 13.3. The maximum atomic E-state index is 3.65. The van der Waals surface area contributed by atoms with Crippen LogP contribution < -0.4 is 0 Å². The van der Waals surface area contributed by atoms with Crippen LogP contribution in [0.3, 0.4) is 0 Å². The van der Waals surface area contributed by atoms with Gasteiger partial charge in [-0.1, -0.05) is 40.0 Å². The summed E-state index contributed by atoms with van der Waals surface area (Å²) in [6.07, 6.45) is 6.70. The van der Waals surface area contributed by atoms with Gasteiger partial charge in [-0.25, -0.2) is 0 Å². The Kier molecular flexibility index (Phi) is 7.66. The predicted molar refractivity (Wildman–Crippen MR) is 90.9 cm³/mol. The van der Waals surface area contributed by atoms with Crippen LogP contribution in [-0.2, 0) is 6.42 Å². The highest BCUT2D eigenvalue weighted by Crippen LogP contribution is 2.31. The van der Waals surface area contributed by atoms with Crippen molar-refractivity contribution < 1.29 is 0 Å². The van der Waals surface area contributed by atoms with Crippen LogP contribution in [0.4, 0.5) is 0 Å². The number of aryl methyl sites for hydroxylation is 1. The molecule has 0 aromatic carbocycles. The zero-order valence-electron chi connectivity index (χ0n) is 10.9. The average molecular weight is 429 g/mol. The van der Waals surface area contributed by atoms with Gasteiger partial charge in [-0.3, -0.25) is 0 Å².